The summed E-state index contributed by atoms with van der Waals surface area (Å²) in [6.45, 7) is 3.30. The summed E-state index contributed by atoms with van der Waals surface area (Å²) >= 11 is 12.1. The van der Waals surface area contributed by atoms with E-state index in [4.69, 9.17) is 23.2 Å². The molecule has 1 saturated heterocycles. The average molecular weight is 399 g/mol. The van der Waals surface area contributed by atoms with Gasteiger partial charge in [0.15, 0.2) is 0 Å². The van der Waals surface area contributed by atoms with Crippen molar-refractivity contribution in [3.8, 4) is 0 Å². The summed E-state index contributed by atoms with van der Waals surface area (Å²) in [4.78, 5) is 2.62. The first-order chi connectivity index (χ1) is 12.0. The van der Waals surface area contributed by atoms with Gasteiger partial charge >= 0.3 is 0 Å². The van der Waals surface area contributed by atoms with E-state index < -0.39 is 10.0 Å². The fourth-order valence-electron chi connectivity index (χ4n) is 2.94. The Morgan fingerprint density at radius 1 is 0.920 bits per heavy atom. The third-order valence-corrected chi connectivity index (χ3v) is 6.92. The second kappa shape index (κ2) is 8.06. The number of hydrogen-bond donors (Lipinski definition) is 0. The normalized spacial score (nSPS) is 16.9. The van der Waals surface area contributed by atoms with Crippen molar-refractivity contribution >= 4 is 33.2 Å². The van der Waals surface area contributed by atoms with Crippen LogP contribution in [0.2, 0.25) is 10.0 Å². The number of benzene rings is 2. The molecule has 2 aromatic rings. The number of rotatable bonds is 5. The molecule has 0 radical (unpaired) electrons. The monoisotopic (exact) mass is 398 g/mol. The number of nitrogens with zero attached hydrogens (tertiary/aromatic N) is 2. The number of hydrogen-bond acceptors (Lipinski definition) is 3. The number of sulfonamides is 1. The Morgan fingerprint density at radius 3 is 2.24 bits per heavy atom. The SMILES string of the molecule is O=S(=O)(c1ccccc1)N1CCN(CCc2ccc(Cl)cc2Cl)CC1. The highest BCUT2D eigenvalue weighted by Crippen LogP contribution is 2.22. The van der Waals surface area contributed by atoms with E-state index in [-0.39, 0.29) is 0 Å². The zero-order valence-electron chi connectivity index (χ0n) is 13.7. The molecule has 2 aromatic carbocycles. The Kier molecular flexibility index (Phi) is 6.02. The Morgan fingerprint density at radius 2 is 1.60 bits per heavy atom. The van der Waals surface area contributed by atoms with Gasteiger partial charge in [-0.2, -0.15) is 4.31 Å². The van der Waals surface area contributed by atoms with Crippen molar-refractivity contribution in [1.82, 2.24) is 9.21 Å². The molecule has 134 valence electrons. The van der Waals surface area contributed by atoms with Crippen LogP contribution in [0.1, 0.15) is 5.56 Å². The smallest absolute Gasteiger partial charge is 0.243 e. The van der Waals surface area contributed by atoms with Crippen LogP contribution in [0.4, 0.5) is 0 Å². The van der Waals surface area contributed by atoms with Crippen LogP contribution < -0.4 is 0 Å². The second-order valence-corrected chi connectivity index (χ2v) is 8.83. The minimum Gasteiger partial charge on any atom is -0.300 e. The lowest BCUT2D eigenvalue weighted by molar-refractivity contribution is 0.190. The van der Waals surface area contributed by atoms with Gasteiger partial charge in [0.25, 0.3) is 0 Å². The molecule has 0 N–H and O–H groups in total. The fourth-order valence-corrected chi connectivity index (χ4v) is 4.88. The van der Waals surface area contributed by atoms with Gasteiger partial charge in [0.2, 0.25) is 10.0 Å². The number of piperazine rings is 1. The molecule has 1 heterocycles. The standard InChI is InChI=1S/C18H20Cl2N2O2S/c19-16-7-6-15(18(20)14-16)8-9-21-10-12-22(13-11-21)25(23,24)17-4-2-1-3-5-17/h1-7,14H,8-13H2. The summed E-state index contributed by atoms with van der Waals surface area (Å²) in [6.07, 6.45) is 0.821. The van der Waals surface area contributed by atoms with Crippen LogP contribution in [0.15, 0.2) is 53.4 Å². The Balaban J connectivity index is 1.55. The first kappa shape index (κ1) is 18.7. The Labute approximate surface area is 159 Å². The molecule has 0 aliphatic carbocycles. The molecule has 0 amide bonds. The predicted octanol–water partition coefficient (Wildman–Crippen LogP) is 3.54. The van der Waals surface area contributed by atoms with Gasteiger partial charge in [0.1, 0.15) is 0 Å². The highest BCUT2D eigenvalue weighted by Gasteiger charge is 2.28. The molecule has 4 nitrogen and oxygen atoms in total. The maximum absolute atomic E-state index is 12.6. The van der Waals surface area contributed by atoms with Gasteiger partial charge in [0.05, 0.1) is 4.90 Å². The van der Waals surface area contributed by atoms with E-state index in [1.165, 1.54) is 0 Å². The maximum atomic E-state index is 12.6. The lowest BCUT2D eigenvalue weighted by Crippen LogP contribution is -2.48. The fraction of sp³-hybridized carbons (Fsp3) is 0.333. The van der Waals surface area contributed by atoms with Crippen molar-refractivity contribution in [2.75, 3.05) is 32.7 Å². The lowest BCUT2D eigenvalue weighted by atomic mass is 10.1. The molecule has 0 bridgehead atoms. The largest absolute Gasteiger partial charge is 0.300 e. The molecule has 1 aliphatic heterocycles. The molecule has 0 spiro atoms. The van der Waals surface area contributed by atoms with Crippen molar-refractivity contribution in [2.45, 2.75) is 11.3 Å². The highest BCUT2D eigenvalue weighted by molar-refractivity contribution is 7.89. The zero-order chi connectivity index (χ0) is 17.9. The molecule has 0 saturated carbocycles. The van der Waals surface area contributed by atoms with Crippen LogP contribution in [-0.4, -0.2) is 50.3 Å². The Bertz CT molecular complexity index is 820. The van der Waals surface area contributed by atoms with Crippen LogP contribution in [0.5, 0.6) is 0 Å². The minimum absolute atomic E-state index is 0.358. The average Bonchev–Trinajstić information content (AvgIpc) is 2.62. The molecule has 3 rings (SSSR count). The third-order valence-electron chi connectivity index (χ3n) is 4.42. The van der Waals surface area contributed by atoms with E-state index in [2.05, 4.69) is 4.90 Å². The van der Waals surface area contributed by atoms with Crippen molar-refractivity contribution < 1.29 is 8.42 Å². The molecule has 7 heteroatoms. The summed E-state index contributed by atoms with van der Waals surface area (Å²) in [5, 5.41) is 1.31. The zero-order valence-corrected chi connectivity index (χ0v) is 16.1. The summed E-state index contributed by atoms with van der Waals surface area (Å²) in [7, 11) is -3.39. The van der Waals surface area contributed by atoms with Gasteiger partial charge in [-0.15, -0.1) is 0 Å². The molecule has 25 heavy (non-hydrogen) atoms. The van der Waals surface area contributed by atoms with Crippen LogP contribution in [0.3, 0.4) is 0 Å². The van der Waals surface area contributed by atoms with Crippen molar-refractivity contribution in [3.05, 3.63) is 64.1 Å². The van der Waals surface area contributed by atoms with Crippen LogP contribution in [-0.2, 0) is 16.4 Å². The highest BCUT2D eigenvalue weighted by atomic mass is 35.5. The maximum Gasteiger partial charge on any atom is 0.243 e. The van der Waals surface area contributed by atoms with Gasteiger partial charge in [-0.3, -0.25) is 0 Å². The lowest BCUT2D eigenvalue weighted by Gasteiger charge is -2.34. The number of halogens is 2. The van der Waals surface area contributed by atoms with Gasteiger partial charge in [-0.25, -0.2) is 8.42 Å². The van der Waals surface area contributed by atoms with Crippen LogP contribution >= 0.6 is 23.2 Å². The van der Waals surface area contributed by atoms with E-state index in [1.54, 1.807) is 34.6 Å². The third kappa shape index (κ3) is 4.54. The second-order valence-electron chi connectivity index (χ2n) is 6.04. The van der Waals surface area contributed by atoms with Gasteiger partial charge < -0.3 is 4.90 Å². The van der Waals surface area contributed by atoms with E-state index in [0.717, 1.165) is 31.6 Å². The summed E-state index contributed by atoms with van der Waals surface area (Å²) in [5.41, 5.74) is 1.06. The molecular weight excluding hydrogens is 379 g/mol. The first-order valence-corrected chi connectivity index (χ1v) is 10.4. The molecule has 0 atom stereocenters. The van der Waals surface area contributed by atoms with Crippen molar-refractivity contribution in [2.24, 2.45) is 0 Å². The van der Waals surface area contributed by atoms with Gasteiger partial charge in [-0.1, -0.05) is 47.5 Å². The van der Waals surface area contributed by atoms with Crippen molar-refractivity contribution in [3.63, 3.8) is 0 Å². The van der Waals surface area contributed by atoms with Crippen molar-refractivity contribution in [1.29, 1.82) is 0 Å². The summed E-state index contributed by atoms with van der Waals surface area (Å²) in [6, 6.07) is 14.1. The Hall–Kier alpha value is -1.11. The molecule has 1 aliphatic rings. The summed E-state index contributed by atoms with van der Waals surface area (Å²) in [5.74, 6) is 0. The van der Waals surface area contributed by atoms with Gasteiger partial charge in [0, 0.05) is 42.8 Å². The van der Waals surface area contributed by atoms with E-state index >= 15 is 0 Å². The van der Waals surface area contributed by atoms with Gasteiger partial charge in [-0.05, 0) is 36.2 Å². The quantitative estimate of drug-likeness (QED) is 0.772. The molecule has 0 unspecified atom stereocenters. The van der Waals surface area contributed by atoms with E-state index in [9.17, 15) is 8.42 Å². The minimum atomic E-state index is -3.39. The molecule has 1 fully saturated rings. The van der Waals surface area contributed by atoms with E-state index in [0.29, 0.717) is 28.0 Å². The van der Waals surface area contributed by atoms with E-state index in [1.807, 2.05) is 18.2 Å². The van der Waals surface area contributed by atoms with Crippen LogP contribution in [0, 0.1) is 0 Å². The first-order valence-electron chi connectivity index (χ1n) is 8.18. The molecular formula is C18H20Cl2N2O2S. The predicted molar refractivity (Wildman–Crippen MR) is 102 cm³/mol. The molecule has 0 aromatic heterocycles. The van der Waals surface area contributed by atoms with Crippen LogP contribution in [0.25, 0.3) is 0 Å². The summed E-state index contributed by atoms with van der Waals surface area (Å²) < 4.78 is 26.8. The topological polar surface area (TPSA) is 40.6 Å².